The molecule has 1 atom stereocenters. The molecule has 0 fully saturated rings. The summed E-state index contributed by atoms with van der Waals surface area (Å²) < 4.78 is 14.9. The van der Waals surface area contributed by atoms with E-state index in [1.807, 2.05) is 36.4 Å². The fraction of sp³-hybridized carbons (Fsp3) is 0.296. The molecule has 3 heteroatoms. The summed E-state index contributed by atoms with van der Waals surface area (Å²) >= 11 is 0. The van der Waals surface area contributed by atoms with E-state index in [9.17, 15) is 4.39 Å². The van der Waals surface area contributed by atoms with E-state index in [4.69, 9.17) is 0 Å². The van der Waals surface area contributed by atoms with Crippen molar-refractivity contribution in [2.75, 3.05) is 11.4 Å². The van der Waals surface area contributed by atoms with Gasteiger partial charge in [0.25, 0.3) is 0 Å². The largest absolute Gasteiger partial charge is 0.366 e. The lowest BCUT2D eigenvalue weighted by atomic mass is 9.79. The fourth-order valence-electron chi connectivity index (χ4n) is 4.73. The van der Waals surface area contributed by atoms with E-state index in [1.165, 1.54) is 11.1 Å². The van der Waals surface area contributed by atoms with Gasteiger partial charge in [0.2, 0.25) is 0 Å². The van der Waals surface area contributed by atoms with E-state index in [-0.39, 0.29) is 11.4 Å². The van der Waals surface area contributed by atoms with Crippen LogP contribution >= 0.6 is 0 Å². The third kappa shape index (κ3) is 3.89. The van der Waals surface area contributed by atoms with Gasteiger partial charge in [-0.15, -0.1) is 0 Å². The third-order valence-electron chi connectivity index (χ3n) is 6.15. The lowest BCUT2D eigenvalue weighted by Gasteiger charge is -2.47. The number of rotatable bonds is 4. The van der Waals surface area contributed by atoms with Crippen LogP contribution in [0.5, 0.6) is 0 Å². The van der Waals surface area contributed by atoms with Crippen molar-refractivity contribution in [1.29, 1.82) is 0 Å². The van der Waals surface area contributed by atoms with Crippen molar-refractivity contribution in [3.05, 3.63) is 83.7 Å². The highest BCUT2D eigenvalue weighted by atomic mass is 19.1. The molecule has 4 rings (SSSR count). The van der Waals surface area contributed by atoms with Crippen LogP contribution in [0.25, 0.3) is 11.1 Å². The van der Waals surface area contributed by atoms with Crippen LogP contribution in [-0.2, 0) is 0 Å². The van der Waals surface area contributed by atoms with Gasteiger partial charge in [-0.3, -0.25) is 4.99 Å². The number of nitrogens with zero attached hydrogens (tertiary/aromatic N) is 2. The lowest BCUT2D eigenvalue weighted by Crippen LogP contribution is -2.48. The van der Waals surface area contributed by atoms with Crippen LogP contribution in [0.2, 0.25) is 0 Å². The Morgan fingerprint density at radius 3 is 2.37 bits per heavy atom. The predicted octanol–water partition coefficient (Wildman–Crippen LogP) is 7.36. The molecule has 0 spiro atoms. The summed E-state index contributed by atoms with van der Waals surface area (Å²) in [5.74, 6) is 0.164. The first-order valence-corrected chi connectivity index (χ1v) is 10.7. The SMILES string of the molecule is CCN1c2cc(F)c(C=Nc3ccc(-c4ccccc4)cc3)cc2C(C)CC1(C)C. The minimum atomic E-state index is -0.221. The molecule has 0 N–H and O–H groups in total. The average Bonchev–Trinajstić information content (AvgIpc) is 2.73. The number of aliphatic imine (C=N–C) groups is 1. The maximum atomic E-state index is 14.9. The van der Waals surface area contributed by atoms with E-state index < -0.39 is 0 Å². The van der Waals surface area contributed by atoms with Crippen molar-refractivity contribution >= 4 is 17.6 Å². The molecule has 0 aromatic heterocycles. The minimum absolute atomic E-state index is 0.0315. The van der Waals surface area contributed by atoms with Gasteiger partial charge < -0.3 is 4.90 Å². The second-order valence-corrected chi connectivity index (χ2v) is 8.77. The molecule has 154 valence electrons. The average molecular weight is 401 g/mol. The van der Waals surface area contributed by atoms with Gasteiger partial charge in [-0.25, -0.2) is 4.39 Å². The Balaban J connectivity index is 1.61. The summed E-state index contributed by atoms with van der Waals surface area (Å²) in [6.07, 6.45) is 2.70. The van der Waals surface area contributed by atoms with Gasteiger partial charge in [0, 0.05) is 29.5 Å². The molecule has 3 aromatic rings. The van der Waals surface area contributed by atoms with Crippen LogP contribution in [0.15, 0.2) is 71.7 Å². The van der Waals surface area contributed by atoms with E-state index in [1.54, 1.807) is 12.3 Å². The van der Waals surface area contributed by atoms with Crippen molar-refractivity contribution < 1.29 is 4.39 Å². The van der Waals surface area contributed by atoms with Crippen LogP contribution in [0.1, 0.15) is 51.2 Å². The highest BCUT2D eigenvalue weighted by Crippen LogP contribution is 2.43. The Morgan fingerprint density at radius 1 is 1.03 bits per heavy atom. The van der Waals surface area contributed by atoms with Crippen molar-refractivity contribution in [2.45, 2.75) is 45.6 Å². The molecule has 0 aliphatic carbocycles. The minimum Gasteiger partial charge on any atom is -0.366 e. The molecule has 1 unspecified atom stereocenters. The first-order chi connectivity index (χ1) is 14.4. The summed E-state index contributed by atoms with van der Waals surface area (Å²) in [4.78, 5) is 6.85. The maximum absolute atomic E-state index is 14.9. The standard InChI is InChI=1S/C27H29FN2/c1-5-30-26-16-25(28)22(15-24(26)19(2)17-27(30,3)4)18-29-23-13-11-21(12-14-23)20-9-7-6-8-10-20/h6-16,18-19H,5,17H2,1-4H3. The van der Waals surface area contributed by atoms with E-state index in [0.717, 1.165) is 29.9 Å². The molecule has 0 radical (unpaired) electrons. The van der Waals surface area contributed by atoms with Gasteiger partial charge in [0.1, 0.15) is 5.82 Å². The molecule has 1 heterocycles. The number of hydrogen-bond acceptors (Lipinski definition) is 2. The van der Waals surface area contributed by atoms with Crippen LogP contribution in [-0.4, -0.2) is 18.3 Å². The van der Waals surface area contributed by atoms with E-state index in [0.29, 0.717) is 11.5 Å². The molecule has 30 heavy (non-hydrogen) atoms. The second-order valence-electron chi connectivity index (χ2n) is 8.77. The first kappa shape index (κ1) is 20.3. The number of fused-ring (bicyclic) bond motifs is 1. The fourth-order valence-corrected chi connectivity index (χ4v) is 4.73. The molecule has 0 saturated carbocycles. The monoisotopic (exact) mass is 400 g/mol. The summed E-state index contributed by atoms with van der Waals surface area (Å²) in [5.41, 5.74) is 5.93. The van der Waals surface area contributed by atoms with Crippen molar-refractivity contribution in [1.82, 2.24) is 0 Å². The Morgan fingerprint density at radius 2 is 1.70 bits per heavy atom. The van der Waals surface area contributed by atoms with Gasteiger partial charge >= 0.3 is 0 Å². The molecular formula is C27H29FN2. The van der Waals surface area contributed by atoms with Gasteiger partial charge in [0.15, 0.2) is 0 Å². The Bertz CT molecular complexity index is 1050. The molecule has 0 bridgehead atoms. The Labute approximate surface area is 179 Å². The van der Waals surface area contributed by atoms with Gasteiger partial charge in [-0.05, 0) is 74.1 Å². The second kappa shape index (κ2) is 8.06. The van der Waals surface area contributed by atoms with Gasteiger partial charge in [-0.2, -0.15) is 0 Å². The van der Waals surface area contributed by atoms with Crippen molar-refractivity contribution in [2.24, 2.45) is 4.99 Å². The van der Waals surface area contributed by atoms with Crippen molar-refractivity contribution in [3.63, 3.8) is 0 Å². The lowest BCUT2D eigenvalue weighted by molar-refractivity contribution is 0.380. The highest BCUT2D eigenvalue weighted by molar-refractivity contribution is 5.84. The molecular weight excluding hydrogens is 371 g/mol. The van der Waals surface area contributed by atoms with E-state index >= 15 is 0 Å². The number of halogens is 1. The molecule has 3 aromatic carbocycles. The molecule has 2 nitrogen and oxygen atoms in total. The summed E-state index contributed by atoms with van der Waals surface area (Å²) in [5, 5.41) is 0. The zero-order chi connectivity index (χ0) is 21.3. The smallest absolute Gasteiger partial charge is 0.134 e. The number of anilines is 1. The molecule has 1 aliphatic rings. The van der Waals surface area contributed by atoms with Gasteiger partial charge in [0.05, 0.1) is 5.69 Å². The van der Waals surface area contributed by atoms with Gasteiger partial charge in [-0.1, -0.05) is 49.4 Å². The van der Waals surface area contributed by atoms with Crippen molar-refractivity contribution in [3.8, 4) is 11.1 Å². The predicted molar refractivity (Wildman–Crippen MR) is 126 cm³/mol. The van der Waals surface area contributed by atoms with Crippen LogP contribution in [0.4, 0.5) is 15.8 Å². The quantitative estimate of drug-likeness (QED) is 0.418. The number of hydrogen-bond donors (Lipinski definition) is 0. The van der Waals surface area contributed by atoms with Crippen LogP contribution in [0, 0.1) is 5.82 Å². The zero-order valence-electron chi connectivity index (χ0n) is 18.2. The highest BCUT2D eigenvalue weighted by Gasteiger charge is 2.36. The summed E-state index contributed by atoms with van der Waals surface area (Å²) in [7, 11) is 0. The Kier molecular flexibility index (Phi) is 5.46. The normalized spacial score (nSPS) is 17.9. The maximum Gasteiger partial charge on any atom is 0.134 e. The molecule has 1 aliphatic heterocycles. The topological polar surface area (TPSA) is 15.6 Å². The Hall–Kier alpha value is -2.94. The van der Waals surface area contributed by atoms with Crippen LogP contribution in [0.3, 0.4) is 0 Å². The third-order valence-corrected chi connectivity index (χ3v) is 6.15. The number of benzene rings is 3. The first-order valence-electron chi connectivity index (χ1n) is 10.7. The zero-order valence-corrected chi connectivity index (χ0v) is 18.2. The summed E-state index contributed by atoms with van der Waals surface area (Å²) in [6.45, 7) is 9.71. The molecule has 0 amide bonds. The molecule has 0 saturated heterocycles. The summed E-state index contributed by atoms with van der Waals surface area (Å²) in [6, 6.07) is 22.0. The van der Waals surface area contributed by atoms with E-state index in [2.05, 4.69) is 61.9 Å². The van der Waals surface area contributed by atoms with Crippen LogP contribution < -0.4 is 4.90 Å².